The topological polar surface area (TPSA) is 62.4 Å². The molecule has 0 saturated carbocycles. The largest absolute Gasteiger partial charge is 0.391 e. The van der Waals surface area contributed by atoms with Gasteiger partial charge >= 0.3 is 0 Å². The molecule has 0 aliphatic heterocycles. The van der Waals surface area contributed by atoms with Crippen LogP contribution in [-0.2, 0) is 13.0 Å². The second kappa shape index (κ2) is 7.41. The lowest BCUT2D eigenvalue weighted by Gasteiger charge is -2.26. The van der Waals surface area contributed by atoms with Crippen molar-refractivity contribution in [1.29, 1.82) is 0 Å². The summed E-state index contributed by atoms with van der Waals surface area (Å²) in [6.07, 6.45) is -0.0974. The molecule has 2 atom stereocenters. The molecule has 4 rings (SSSR count). The van der Waals surface area contributed by atoms with Gasteiger partial charge in [-0.25, -0.2) is 0 Å². The summed E-state index contributed by atoms with van der Waals surface area (Å²) >= 11 is 18.4. The molecule has 8 heteroatoms. The molecule has 1 aromatic heterocycles. The number of halogens is 3. The van der Waals surface area contributed by atoms with Gasteiger partial charge in [-0.3, -0.25) is 4.90 Å². The van der Waals surface area contributed by atoms with Gasteiger partial charge in [-0.15, -0.1) is 0 Å². The first-order valence-electron chi connectivity index (χ1n) is 8.37. The van der Waals surface area contributed by atoms with Crippen molar-refractivity contribution >= 4 is 34.8 Å². The van der Waals surface area contributed by atoms with E-state index in [2.05, 4.69) is 10.1 Å². The third-order valence-corrected chi connectivity index (χ3v) is 5.53. The Morgan fingerprint density at radius 1 is 1.15 bits per heavy atom. The number of aliphatic hydroxyl groups is 1. The molecule has 0 bridgehead atoms. The van der Waals surface area contributed by atoms with Crippen molar-refractivity contribution in [3.05, 3.63) is 68.5 Å². The van der Waals surface area contributed by atoms with Crippen molar-refractivity contribution in [2.45, 2.75) is 25.1 Å². The van der Waals surface area contributed by atoms with Gasteiger partial charge in [0, 0.05) is 27.1 Å². The fourth-order valence-electron chi connectivity index (χ4n) is 3.51. The molecule has 1 N–H and O–H groups in total. The predicted octanol–water partition coefficient (Wildman–Crippen LogP) is 4.79. The Labute approximate surface area is 171 Å². The van der Waals surface area contributed by atoms with E-state index in [4.69, 9.17) is 39.3 Å². The van der Waals surface area contributed by atoms with E-state index in [1.165, 1.54) is 0 Å². The van der Waals surface area contributed by atoms with Crippen molar-refractivity contribution in [2.75, 3.05) is 7.05 Å². The Hall–Kier alpha value is -1.63. The average Bonchev–Trinajstić information content (AvgIpc) is 3.19. The van der Waals surface area contributed by atoms with Crippen molar-refractivity contribution in [1.82, 2.24) is 15.0 Å². The maximum Gasteiger partial charge on any atom is 0.241 e. The molecule has 0 radical (unpaired) electrons. The van der Waals surface area contributed by atoms with Crippen LogP contribution in [-0.4, -0.2) is 33.3 Å². The van der Waals surface area contributed by atoms with Gasteiger partial charge < -0.3 is 9.63 Å². The summed E-state index contributed by atoms with van der Waals surface area (Å²) in [4.78, 5) is 6.40. The van der Waals surface area contributed by atoms with Crippen molar-refractivity contribution in [3.8, 4) is 11.4 Å². The molecule has 3 aromatic rings. The van der Waals surface area contributed by atoms with Crippen LogP contribution in [0.25, 0.3) is 11.4 Å². The number of likely N-dealkylation sites (N-methyl/N-ethyl adjacent to an activating group) is 1. The second-order valence-electron chi connectivity index (χ2n) is 6.61. The van der Waals surface area contributed by atoms with Crippen LogP contribution in [0.1, 0.15) is 23.1 Å². The Morgan fingerprint density at radius 2 is 1.89 bits per heavy atom. The quantitative estimate of drug-likeness (QED) is 0.652. The van der Waals surface area contributed by atoms with E-state index in [0.717, 1.165) is 16.7 Å². The molecule has 0 fully saturated rings. The first-order chi connectivity index (χ1) is 12.9. The zero-order valence-corrected chi connectivity index (χ0v) is 16.6. The van der Waals surface area contributed by atoms with E-state index in [0.29, 0.717) is 39.7 Å². The minimum Gasteiger partial charge on any atom is -0.391 e. The third kappa shape index (κ3) is 3.71. The monoisotopic (exact) mass is 423 g/mol. The maximum absolute atomic E-state index is 10.6. The number of aliphatic hydroxyl groups excluding tert-OH is 1. The number of rotatable bonds is 4. The van der Waals surface area contributed by atoms with Gasteiger partial charge in [0.25, 0.3) is 0 Å². The zero-order valence-electron chi connectivity index (χ0n) is 14.4. The van der Waals surface area contributed by atoms with Gasteiger partial charge in [-0.05, 0) is 54.6 Å². The van der Waals surface area contributed by atoms with Crippen LogP contribution in [0.3, 0.4) is 0 Å². The molecule has 0 spiro atoms. The molecular weight excluding hydrogens is 409 g/mol. The first kappa shape index (κ1) is 18.7. The standard InChI is InChI=1S/C19H16Cl3N3O2/c1-25(18-14-6-12(21)7-15(22)13(14)8-16(18)26)9-17-23-19(24-27-17)10-2-4-11(20)5-3-10/h2-7,16,18,26H,8-9H2,1H3/t16-,18-/m1/s1. The van der Waals surface area contributed by atoms with Crippen LogP contribution >= 0.6 is 34.8 Å². The molecule has 0 amide bonds. The molecule has 0 saturated heterocycles. The molecule has 2 aromatic carbocycles. The summed E-state index contributed by atoms with van der Waals surface area (Å²) in [7, 11) is 1.89. The molecule has 1 heterocycles. The van der Waals surface area contributed by atoms with Gasteiger partial charge in [-0.2, -0.15) is 4.98 Å². The highest BCUT2D eigenvalue weighted by molar-refractivity contribution is 6.35. The van der Waals surface area contributed by atoms with E-state index < -0.39 is 6.10 Å². The van der Waals surface area contributed by atoms with E-state index >= 15 is 0 Å². The molecule has 27 heavy (non-hydrogen) atoms. The number of benzene rings is 2. The molecule has 5 nitrogen and oxygen atoms in total. The van der Waals surface area contributed by atoms with Crippen LogP contribution < -0.4 is 0 Å². The highest BCUT2D eigenvalue weighted by atomic mass is 35.5. The highest BCUT2D eigenvalue weighted by Gasteiger charge is 2.36. The minimum absolute atomic E-state index is 0.248. The minimum atomic E-state index is -0.584. The van der Waals surface area contributed by atoms with Crippen molar-refractivity contribution in [2.24, 2.45) is 0 Å². The van der Waals surface area contributed by atoms with Gasteiger partial charge in [-0.1, -0.05) is 40.0 Å². The zero-order chi connectivity index (χ0) is 19.1. The van der Waals surface area contributed by atoms with Crippen molar-refractivity contribution in [3.63, 3.8) is 0 Å². The first-order valence-corrected chi connectivity index (χ1v) is 9.50. The van der Waals surface area contributed by atoms with Gasteiger partial charge in [0.2, 0.25) is 11.7 Å². The summed E-state index contributed by atoms with van der Waals surface area (Å²) in [5.74, 6) is 0.949. The van der Waals surface area contributed by atoms with Crippen LogP contribution in [0.5, 0.6) is 0 Å². The van der Waals surface area contributed by atoms with Crippen molar-refractivity contribution < 1.29 is 9.63 Å². The van der Waals surface area contributed by atoms with E-state index in [1.807, 2.05) is 30.1 Å². The summed E-state index contributed by atoms with van der Waals surface area (Å²) in [6.45, 7) is 0.381. The third-order valence-electron chi connectivity index (χ3n) is 4.72. The summed E-state index contributed by atoms with van der Waals surface area (Å²) in [5, 5.41) is 16.4. The second-order valence-corrected chi connectivity index (χ2v) is 7.89. The Morgan fingerprint density at radius 3 is 2.63 bits per heavy atom. The molecule has 1 aliphatic carbocycles. The van der Waals surface area contributed by atoms with Gasteiger partial charge in [0.15, 0.2) is 0 Å². The van der Waals surface area contributed by atoms with Crippen LogP contribution in [0.4, 0.5) is 0 Å². The van der Waals surface area contributed by atoms with E-state index in [-0.39, 0.29) is 6.04 Å². The molecule has 140 valence electrons. The Bertz CT molecular complexity index is 975. The van der Waals surface area contributed by atoms with Crippen LogP contribution in [0.15, 0.2) is 40.9 Å². The summed E-state index contributed by atoms with van der Waals surface area (Å²) in [5.41, 5.74) is 2.68. The van der Waals surface area contributed by atoms with E-state index in [1.54, 1.807) is 18.2 Å². The predicted molar refractivity (Wildman–Crippen MR) is 105 cm³/mol. The van der Waals surface area contributed by atoms with E-state index in [9.17, 15) is 5.11 Å². The van der Waals surface area contributed by atoms with Gasteiger partial charge in [0.05, 0.1) is 18.7 Å². The number of nitrogens with zero attached hydrogens (tertiary/aromatic N) is 3. The lowest BCUT2D eigenvalue weighted by molar-refractivity contribution is 0.0667. The van der Waals surface area contributed by atoms with Crippen LogP contribution in [0.2, 0.25) is 15.1 Å². The van der Waals surface area contributed by atoms with Gasteiger partial charge in [0.1, 0.15) is 0 Å². The lowest BCUT2D eigenvalue weighted by atomic mass is 10.1. The Balaban J connectivity index is 1.55. The average molecular weight is 425 g/mol. The molecular formula is C19H16Cl3N3O2. The summed E-state index contributed by atoms with van der Waals surface area (Å²) in [6, 6.07) is 10.5. The molecule has 0 unspecified atom stereocenters. The number of hydrogen-bond acceptors (Lipinski definition) is 5. The smallest absolute Gasteiger partial charge is 0.241 e. The maximum atomic E-state index is 10.6. The number of hydrogen-bond donors (Lipinski definition) is 1. The number of aromatic nitrogens is 2. The molecule has 1 aliphatic rings. The lowest BCUT2D eigenvalue weighted by Crippen LogP contribution is -2.30. The fourth-order valence-corrected chi connectivity index (χ4v) is 4.22. The highest BCUT2D eigenvalue weighted by Crippen LogP contribution is 2.41. The Kier molecular flexibility index (Phi) is 5.14. The van der Waals surface area contributed by atoms with Crippen LogP contribution in [0, 0.1) is 0 Å². The fraction of sp³-hybridized carbons (Fsp3) is 0.263. The SMILES string of the molecule is CN(Cc1nc(-c2ccc(Cl)cc2)no1)[C@@H]1c2cc(Cl)cc(Cl)c2C[C@H]1O. The normalized spacial score (nSPS) is 18.9. The number of fused-ring (bicyclic) bond motifs is 1. The summed E-state index contributed by atoms with van der Waals surface area (Å²) < 4.78 is 5.38.